The quantitative estimate of drug-likeness (QED) is 0.694. The second-order valence-electron chi connectivity index (χ2n) is 6.09. The molecule has 0 atom stereocenters. The van der Waals surface area contributed by atoms with E-state index in [0.29, 0.717) is 23.0 Å². The molecule has 1 aliphatic rings. The third kappa shape index (κ3) is 4.23. The first-order valence-electron chi connectivity index (χ1n) is 8.52. The van der Waals surface area contributed by atoms with Crippen LogP contribution < -0.4 is 5.32 Å². The molecule has 2 aromatic carbocycles. The maximum Gasteiger partial charge on any atom is 0.264 e. The van der Waals surface area contributed by atoms with Crippen LogP contribution in [0.25, 0.3) is 17.0 Å². The Bertz CT molecular complexity index is 1080. The van der Waals surface area contributed by atoms with Gasteiger partial charge in [-0.3, -0.25) is 14.8 Å². The molecular formula is C21H16FN3OS. The minimum absolute atomic E-state index is 0.157. The molecule has 1 fully saturated rings. The van der Waals surface area contributed by atoms with E-state index < -0.39 is 0 Å². The summed E-state index contributed by atoms with van der Waals surface area (Å²) in [6, 6.07) is 16.2. The van der Waals surface area contributed by atoms with Crippen LogP contribution in [-0.4, -0.2) is 22.6 Å². The third-order valence-electron chi connectivity index (χ3n) is 4.12. The zero-order valence-corrected chi connectivity index (χ0v) is 15.2. The Morgan fingerprint density at radius 3 is 2.96 bits per heavy atom. The monoisotopic (exact) mass is 377 g/mol. The Morgan fingerprint density at radius 1 is 1.15 bits per heavy atom. The minimum Gasteiger partial charge on any atom is -0.301 e. The van der Waals surface area contributed by atoms with Gasteiger partial charge in [-0.1, -0.05) is 24.3 Å². The summed E-state index contributed by atoms with van der Waals surface area (Å²) in [6.07, 6.45) is 4.23. The highest BCUT2D eigenvalue weighted by Crippen LogP contribution is 2.27. The predicted molar refractivity (Wildman–Crippen MR) is 108 cm³/mol. The average molecular weight is 377 g/mol. The van der Waals surface area contributed by atoms with Crippen molar-refractivity contribution in [3.05, 3.63) is 82.6 Å². The number of amides is 1. The van der Waals surface area contributed by atoms with E-state index in [4.69, 9.17) is 0 Å². The number of aliphatic imine (C=N–C) groups is 1. The number of nitrogens with zero attached hydrogens (tertiary/aromatic N) is 2. The number of fused-ring (bicyclic) bond motifs is 1. The minimum atomic E-state index is -0.250. The standard InChI is InChI=1S/C21H16FN3OS/c22-17-5-1-3-14(12-17)8-10-24-21-25-20(26)19(27-21)13-15-6-7-18-16(11-15)4-2-9-23-18/h1-7,9,11-13H,8,10H2,(H,24,25,26)/b19-13-. The maximum absolute atomic E-state index is 13.2. The lowest BCUT2D eigenvalue weighted by Gasteiger charge is -1.99. The summed E-state index contributed by atoms with van der Waals surface area (Å²) in [5, 5.41) is 4.38. The Labute approximate surface area is 160 Å². The number of thioether (sulfide) groups is 1. The fourth-order valence-corrected chi connectivity index (χ4v) is 3.66. The van der Waals surface area contributed by atoms with Gasteiger partial charge in [0.1, 0.15) is 5.82 Å². The van der Waals surface area contributed by atoms with Crippen LogP contribution in [-0.2, 0) is 11.2 Å². The van der Waals surface area contributed by atoms with Crippen molar-refractivity contribution in [2.45, 2.75) is 6.42 Å². The van der Waals surface area contributed by atoms with Gasteiger partial charge in [0.25, 0.3) is 5.91 Å². The SMILES string of the molecule is O=C1NC(=NCCc2cccc(F)c2)S/C1=C\c1ccc2ncccc2c1. The molecule has 0 saturated carbocycles. The van der Waals surface area contributed by atoms with Gasteiger partial charge in [0.15, 0.2) is 5.17 Å². The number of amidine groups is 1. The number of benzene rings is 2. The van der Waals surface area contributed by atoms with Crippen LogP contribution in [0.3, 0.4) is 0 Å². The molecule has 2 heterocycles. The fourth-order valence-electron chi connectivity index (χ4n) is 2.82. The highest BCUT2D eigenvalue weighted by molar-refractivity contribution is 8.18. The molecule has 6 heteroatoms. The normalized spacial score (nSPS) is 17.0. The molecule has 3 aromatic rings. The summed E-state index contributed by atoms with van der Waals surface area (Å²) in [6.45, 7) is 0.487. The van der Waals surface area contributed by atoms with E-state index in [-0.39, 0.29) is 11.7 Å². The molecule has 4 nitrogen and oxygen atoms in total. The van der Waals surface area contributed by atoms with Crippen molar-refractivity contribution in [1.82, 2.24) is 10.3 Å². The van der Waals surface area contributed by atoms with Gasteiger partial charge in [0.2, 0.25) is 0 Å². The van der Waals surface area contributed by atoms with E-state index in [1.807, 2.05) is 42.5 Å². The van der Waals surface area contributed by atoms with Gasteiger partial charge in [-0.05, 0) is 65.7 Å². The van der Waals surface area contributed by atoms with Crippen molar-refractivity contribution >= 4 is 39.8 Å². The molecule has 1 aromatic heterocycles. The van der Waals surface area contributed by atoms with Gasteiger partial charge in [-0.2, -0.15) is 0 Å². The lowest BCUT2D eigenvalue weighted by atomic mass is 10.1. The number of hydrogen-bond acceptors (Lipinski definition) is 4. The molecular weight excluding hydrogens is 361 g/mol. The van der Waals surface area contributed by atoms with E-state index in [1.165, 1.54) is 23.9 Å². The Hall–Kier alpha value is -2.99. The second-order valence-corrected chi connectivity index (χ2v) is 7.12. The molecule has 0 unspecified atom stereocenters. The molecule has 1 aliphatic heterocycles. The lowest BCUT2D eigenvalue weighted by Crippen LogP contribution is -2.20. The smallest absolute Gasteiger partial charge is 0.264 e. The molecule has 1 saturated heterocycles. The van der Waals surface area contributed by atoms with Crippen molar-refractivity contribution in [3.8, 4) is 0 Å². The number of aromatic nitrogens is 1. The first kappa shape index (κ1) is 17.4. The topological polar surface area (TPSA) is 54.4 Å². The highest BCUT2D eigenvalue weighted by Gasteiger charge is 2.23. The molecule has 0 spiro atoms. The van der Waals surface area contributed by atoms with Gasteiger partial charge in [0.05, 0.1) is 10.4 Å². The number of carbonyl (C=O) groups excluding carboxylic acids is 1. The number of halogens is 1. The Morgan fingerprint density at radius 2 is 2.07 bits per heavy atom. The lowest BCUT2D eigenvalue weighted by molar-refractivity contribution is -0.115. The maximum atomic E-state index is 13.2. The van der Waals surface area contributed by atoms with Crippen LogP contribution in [0.4, 0.5) is 4.39 Å². The van der Waals surface area contributed by atoms with Gasteiger partial charge in [-0.25, -0.2) is 4.39 Å². The summed E-state index contributed by atoms with van der Waals surface area (Å²) in [7, 11) is 0. The molecule has 0 bridgehead atoms. The van der Waals surface area contributed by atoms with Crippen LogP contribution in [0.1, 0.15) is 11.1 Å². The van der Waals surface area contributed by atoms with Crippen molar-refractivity contribution < 1.29 is 9.18 Å². The molecule has 134 valence electrons. The van der Waals surface area contributed by atoms with Crippen LogP contribution in [0.15, 0.2) is 70.7 Å². The third-order valence-corrected chi connectivity index (χ3v) is 5.07. The Balaban J connectivity index is 1.45. The summed E-state index contributed by atoms with van der Waals surface area (Å²) >= 11 is 1.32. The van der Waals surface area contributed by atoms with Crippen LogP contribution in [0.5, 0.6) is 0 Å². The summed E-state index contributed by atoms with van der Waals surface area (Å²) in [5.41, 5.74) is 2.74. The zero-order valence-electron chi connectivity index (χ0n) is 14.4. The van der Waals surface area contributed by atoms with Gasteiger partial charge in [0, 0.05) is 18.1 Å². The number of carbonyl (C=O) groups is 1. The van der Waals surface area contributed by atoms with Crippen LogP contribution in [0, 0.1) is 5.82 Å². The average Bonchev–Trinajstić information content (AvgIpc) is 3.01. The van der Waals surface area contributed by atoms with E-state index in [0.717, 1.165) is 22.0 Å². The van der Waals surface area contributed by atoms with Crippen molar-refractivity contribution in [3.63, 3.8) is 0 Å². The molecule has 0 aliphatic carbocycles. The summed E-state index contributed by atoms with van der Waals surface area (Å²) < 4.78 is 13.2. The van der Waals surface area contributed by atoms with E-state index in [2.05, 4.69) is 15.3 Å². The van der Waals surface area contributed by atoms with E-state index >= 15 is 0 Å². The molecule has 0 radical (unpaired) electrons. The number of nitrogens with one attached hydrogen (secondary N) is 1. The number of pyridine rings is 1. The molecule has 1 N–H and O–H groups in total. The van der Waals surface area contributed by atoms with Crippen LogP contribution in [0.2, 0.25) is 0 Å². The zero-order chi connectivity index (χ0) is 18.6. The second kappa shape index (κ2) is 7.72. The Kier molecular flexibility index (Phi) is 4.98. The number of hydrogen-bond donors (Lipinski definition) is 1. The first-order chi connectivity index (χ1) is 13.2. The van der Waals surface area contributed by atoms with E-state index in [9.17, 15) is 9.18 Å². The molecule has 1 amide bonds. The highest BCUT2D eigenvalue weighted by atomic mass is 32.2. The summed E-state index contributed by atoms with van der Waals surface area (Å²) in [5.74, 6) is -0.407. The van der Waals surface area contributed by atoms with Crippen molar-refractivity contribution in [2.24, 2.45) is 4.99 Å². The van der Waals surface area contributed by atoms with Crippen molar-refractivity contribution in [1.29, 1.82) is 0 Å². The van der Waals surface area contributed by atoms with Crippen LogP contribution >= 0.6 is 11.8 Å². The first-order valence-corrected chi connectivity index (χ1v) is 9.34. The molecule has 4 rings (SSSR count). The van der Waals surface area contributed by atoms with Gasteiger partial charge in [-0.15, -0.1) is 0 Å². The fraction of sp³-hybridized carbons (Fsp3) is 0.0952. The van der Waals surface area contributed by atoms with Crippen molar-refractivity contribution in [2.75, 3.05) is 6.54 Å². The van der Waals surface area contributed by atoms with E-state index in [1.54, 1.807) is 12.3 Å². The van der Waals surface area contributed by atoms with Gasteiger partial charge < -0.3 is 5.32 Å². The predicted octanol–water partition coefficient (Wildman–Crippen LogP) is 4.18. The summed E-state index contributed by atoms with van der Waals surface area (Å²) in [4.78, 5) is 21.5. The molecule has 27 heavy (non-hydrogen) atoms. The van der Waals surface area contributed by atoms with Gasteiger partial charge >= 0.3 is 0 Å². The largest absolute Gasteiger partial charge is 0.301 e. The number of rotatable bonds is 4.